The number of hydrogen-bond donors (Lipinski definition) is 0. The summed E-state index contributed by atoms with van der Waals surface area (Å²) in [5, 5.41) is 0. The maximum atomic E-state index is 7.25. The summed E-state index contributed by atoms with van der Waals surface area (Å²) in [4.78, 5) is 0. The summed E-state index contributed by atoms with van der Waals surface area (Å²) >= 11 is 2.94. The van der Waals surface area contributed by atoms with Crippen LogP contribution in [0.4, 0.5) is 11.4 Å². The van der Waals surface area contributed by atoms with Crippen LogP contribution in [0.25, 0.3) is 11.5 Å². The van der Waals surface area contributed by atoms with E-state index in [1.54, 1.807) is 38.5 Å². The van der Waals surface area contributed by atoms with Crippen LogP contribution in [0.5, 0.6) is 11.5 Å². The predicted octanol–water partition coefficient (Wildman–Crippen LogP) is 10.0. The molecule has 2 aromatic rings. The molecule has 174 valence electrons. The van der Waals surface area contributed by atoms with E-state index in [0.717, 1.165) is 0 Å². The topological polar surface area (TPSA) is 66.1 Å². The summed E-state index contributed by atoms with van der Waals surface area (Å²) in [5.74, 6) is 1.25. The summed E-state index contributed by atoms with van der Waals surface area (Å²) in [6.07, 6.45) is 15.0. The molecule has 2 aromatic carbocycles. The van der Waals surface area contributed by atoms with Gasteiger partial charge in [0.25, 0.3) is 0 Å². The Morgan fingerprint density at radius 3 is 0.969 bits per heavy atom. The van der Waals surface area contributed by atoms with Gasteiger partial charge in [-0.05, 0) is 12.1 Å². The molecule has 0 aliphatic heterocycles. The third-order valence-electron chi connectivity index (χ3n) is 4.71. The normalized spacial score (nSPS) is 12.9. The number of nitrogens with one attached hydrogen (secondary N) is 2. The zero-order valence-electron chi connectivity index (χ0n) is 19.3. The fraction of sp³-hybridized carbons (Fsp3) is 0.500. The van der Waals surface area contributed by atoms with Crippen LogP contribution in [0.1, 0.15) is 64.2 Å². The van der Waals surface area contributed by atoms with Crippen molar-refractivity contribution in [3.63, 3.8) is 0 Å². The van der Waals surface area contributed by atoms with Crippen LogP contribution < -0.4 is 9.47 Å². The Balaban J connectivity index is 0. The van der Waals surface area contributed by atoms with Crippen molar-refractivity contribution in [3.05, 3.63) is 60.0 Å². The molecule has 2 fully saturated rings. The second kappa shape index (κ2) is 26.9. The van der Waals surface area contributed by atoms with Gasteiger partial charge in [0.2, 0.25) is 0 Å². The van der Waals surface area contributed by atoms with E-state index in [0.29, 0.717) is 22.9 Å². The van der Waals surface area contributed by atoms with Crippen LogP contribution in [0, 0.1) is 0 Å². The van der Waals surface area contributed by atoms with Gasteiger partial charge in [-0.3, -0.25) is 0 Å². The van der Waals surface area contributed by atoms with E-state index in [1.807, 2.05) is 24.3 Å². The molecular weight excluding hydrogens is 515 g/mol. The van der Waals surface area contributed by atoms with E-state index in [9.17, 15) is 0 Å². The number of methoxy groups -OCH3 is 2. The third-order valence-corrected chi connectivity index (χ3v) is 4.71. The minimum absolute atomic E-state index is 0.431. The van der Waals surface area contributed by atoms with Gasteiger partial charge in [0.05, 0.1) is 14.2 Å². The van der Waals surface area contributed by atoms with Crippen LogP contribution in [0.2, 0.25) is 0 Å². The van der Waals surface area contributed by atoms with Gasteiger partial charge in [-0.1, -0.05) is 112 Å². The molecular formula is C24H36Cl2N2O2Ti2+2. The molecule has 2 aliphatic carbocycles. The molecule has 32 heavy (non-hydrogen) atoms. The number of benzene rings is 2. The molecule has 0 heterocycles. The zero-order valence-corrected chi connectivity index (χ0v) is 23.9. The average Bonchev–Trinajstić information content (AvgIpc) is 3.62. The van der Waals surface area contributed by atoms with E-state index in [-0.39, 0.29) is 0 Å². The fourth-order valence-electron chi connectivity index (χ4n) is 3.06. The molecule has 0 amide bonds. The number of ether oxygens (including phenoxy) is 2. The van der Waals surface area contributed by atoms with Crippen molar-refractivity contribution in [1.29, 1.82) is 0 Å². The van der Waals surface area contributed by atoms with Gasteiger partial charge in [0, 0.05) is 0 Å². The molecule has 0 bridgehead atoms. The van der Waals surface area contributed by atoms with E-state index in [4.69, 9.17) is 20.9 Å². The van der Waals surface area contributed by atoms with Crippen molar-refractivity contribution in [1.82, 2.24) is 0 Å². The Morgan fingerprint density at radius 2 is 0.812 bits per heavy atom. The van der Waals surface area contributed by atoms with Gasteiger partial charge in [-0.25, -0.2) is 0 Å². The van der Waals surface area contributed by atoms with E-state index < -0.39 is 0 Å². The molecule has 4 rings (SSSR count). The Labute approximate surface area is 226 Å². The van der Waals surface area contributed by atoms with Crippen LogP contribution in [0.3, 0.4) is 0 Å². The first-order valence-electron chi connectivity index (χ1n) is 10.8. The Hall–Kier alpha value is -0.351. The van der Waals surface area contributed by atoms with Gasteiger partial charge in [0.1, 0.15) is 11.5 Å². The van der Waals surface area contributed by atoms with E-state index in [2.05, 4.69) is 18.6 Å². The SMILES string of the molecule is C1CCCC1.C1CCCC1.COc1ccccc1[NH-].COc1ccccc1[NH-].[Cl][Ti+3].[Cl][Ti+]. The first-order chi connectivity index (χ1) is 15.7. The summed E-state index contributed by atoms with van der Waals surface area (Å²) in [6, 6.07) is 14.2. The van der Waals surface area contributed by atoms with Crippen molar-refractivity contribution >= 4 is 30.0 Å². The monoisotopic (exact) mass is 550 g/mol. The summed E-state index contributed by atoms with van der Waals surface area (Å²) in [6.45, 7) is 0. The molecule has 0 spiro atoms. The predicted molar refractivity (Wildman–Crippen MR) is 132 cm³/mol. The van der Waals surface area contributed by atoms with Gasteiger partial charge < -0.3 is 20.9 Å². The molecule has 4 nitrogen and oxygen atoms in total. The fourth-order valence-corrected chi connectivity index (χ4v) is 3.06. The molecule has 8 heteroatoms. The number of hydrogen-bond acceptors (Lipinski definition) is 2. The summed E-state index contributed by atoms with van der Waals surface area (Å²) < 4.78 is 9.71. The van der Waals surface area contributed by atoms with Crippen LogP contribution in [-0.4, -0.2) is 14.2 Å². The van der Waals surface area contributed by atoms with Gasteiger partial charge >= 0.3 is 57.4 Å². The first kappa shape index (κ1) is 33.8. The van der Waals surface area contributed by atoms with E-state index >= 15 is 0 Å². The van der Waals surface area contributed by atoms with Crippen LogP contribution in [0.15, 0.2) is 48.5 Å². The van der Waals surface area contributed by atoms with Crippen molar-refractivity contribution < 1.29 is 48.2 Å². The molecule has 2 aliphatic rings. The first-order valence-corrected chi connectivity index (χ1v) is 15.1. The summed E-state index contributed by atoms with van der Waals surface area (Å²) in [7, 11) is 12.4. The third kappa shape index (κ3) is 19.1. The molecule has 0 aromatic heterocycles. The number of para-hydroxylation sites is 2. The number of rotatable bonds is 2. The van der Waals surface area contributed by atoms with Crippen molar-refractivity contribution in [2.45, 2.75) is 64.2 Å². The minimum atomic E-state index is 0.431. The van der Waals surface area contributed by atoms with Crippen LogP contribution in [-0.2, 0) is 38.7 Å². The van der Waals surface area contributed by atoms with Crippen molar-refractivity contribution in [3.8, 4) is 11.5 Å². The molecule has 2 saturated carbocycles. The Morgan fingerprint density at radius 1 is 0.594 bits per heavy atom. The second-order valence-electron chi connectivity index (χ2n) is 6.94. The quantitative estimate of drug-likeness (QED) is 0.349. The van der Waals surface area contributed by atoms with Crippen molar-refractivity contribution in [2.75, 3.05) is 14.2 Å². The molecule has 2 N–H and O–H groups in total. The standard InChI is InChI=1S/2C7H8NO.2C5H10.2ClH.2Ti/c2*1-9-7-5-3-2-4-6(7)8;2*1-2-4-5-3-1;;;;/h2*2-5,8H,1H3;2*1-5H2;2*1H;;/q2*-1;;;;;+2;+4/p-2. The molecule has 0 atom stereocenters. The molecule has 0 unspecified atom stereocenters. The van der Waals surface area contributed by atoms with Gasteiger partial charge in [-0.15, -0.1) is 0 Å². The van der Waals surface area contributed by atoms with E-state index in [1.165, 1.54) is 103 Å². The Kier molecular flexibility index (Phi) is 28.4. The zero-order chi connectivity index (χ0) is 24.5. The van der Waals surface area contributed by atoms with Crippen LogP contribution >= 0.6 is 18.6 Å². The average molecular weight is 551 g/mol. The maximum absolute atomic E-state index is 7.25. The molecule has 0 saturated heterocycles. The van der Waals surface area contributed by atoms with Gasteiger partial charge in [0.15, 0.2) is 0 Å². The Bertz CT molecular complexity index is 574. The molecule has 0 radical (unpaired) electrons. The second-order valence-corrected chi connectivity index (χ2v) is 6.94. The number of halogens is 2. The summed E-state index contributed by atoms with van der Waals surface area (Å²) in [5.41, 5.74) is 15.4. The van der Waals surface area contributed by atoms with Crippen molar-refractivity contribution in [2.24, 2.45) is 0 Å². The van der Waals surface area contributed by atoms with Gasteiger partial charge in [-0.2, -0.15) is 0 Å².